The summed E-state index contributed by atoms with van der Waals surface area (Å²) in [6, 6.07) is 0. The summed E-state index contributed by atoms with van der Waals surface area (Å²) in [5.74, 6) is -3.49. The number of aliphatic hydroxyl groups excluding tert-OH is 9. The van der Waals surface area contributed by atoms with Crippen molar-refractivity contribution in [1.82, 2.24) is 0 Å². The monoisotopic (exact) mass is 372 g/mol. The van der Waals surface area contributed by atoms with Gasteiger partial charge in [-0.2, -0.15) is 0 Å². The molecular weight excluding hydrogens is 352 g/mol. The highest BCUT2D eigenvalue weighted by Crippen LogP contribution is 2.21. The van der Waals surface area contributed by atoms with Crippen molar-refractivity contribution in [3.63, 3.8) is 0 Å². The van der Waals surface area contributed by atoms with Crippen molar-refractivity contribution in [2.75, 3.05) is 6.61 Å². The number of carbonyl (C=O) groups is 2. The zero-order valence-corrected chi connectivity index (χ0v) is 12.6. The van der Waals surface area contributed by atoms with Gasteiger partial charge in [-0.05, 0) is 0 Å². The minimum absolute atomic E-state index is 1.00. The number of rotatable bonds is 6. The number of aliphatic hydroxyl groups is 9. The molecule has 1 aliphatic heterocycles. The molecule has 9 N–H and O–H groups in total. The molecule has 146 valence electrons. The highest BCUT2D eigenvalue weighted by Gasteiger charge is 2.48. The van der Waals surface area contributed by atoms with Crippen LogP contribution in [0.3, 0.4) is 0 Å². The number of carbonyl (C=O) groups excluding carboxylic acids is 2. The van der Waals surface area contributed by atoms with E-state index in [1.807, 2.05) is 0 Å². The van der Waals surface area contributed by atoms with Gasteiger partial charge in [-0.25, -0.2) is 9.59 Å². The fourth-order valence-electron chi connectivity index (χ4n) is 1.94. The van der Waals surface area contributed by atoms with Crippen molar-refractivity contribution in [3.8, 4) is 0 Å². The quantitative estimate of drug-likeness (QED) is 0.156. The third-order valence-corrected chi connectivity index (χ3v) is 3.52. The van der Waals surface area contributed by atoms with E-state index in [0.717, 1.165) is 0 Å². The number of esters is 2. The summed E-state index contributed by atoms with van der Waals surface area (Å²) in [5.41, 5.74) is 0. The lowest BCUT2D eigenvalue weighted by atomic mass is 9.99. The number of ether oxygens (including phenoxy) is 2. The third kappa shape index (κ3) is 4.89. The highest BCUT2D eigenvalue weighted by atomic mass is 16.7. The summed E-state index contributed by atoms with van der Waals surface area (Å²) in [4.78, 5) is 23.3. The van der Waals surface area contributed by atoms with Crippen LogP contribution in [0.25, 0.3) is 0 Å². The van der Waals surface area contributed by atoms with Gasteiger partial charge in [-0.15, -0.1) is 0 Å². The minimum atomic E-state index is -2.53. The lowest BCUT2D eigenvalue weighted by molar-refractivity contribution is -0.280. The zero-order chi connectivity index (χ0) is 19.5. The molecular formula is C12H20O13. The Balaban J connectivity index is 2.71. The first-order chi connectivity index (χ1) is 11.5. The molecule has 13 nitrogen and oxygen atoms in total. The largest absolute Gasteiger partial charge is 0.394 e. The van der Waals surface area contributed by atoms with Crippen molar-refractivity contribution in [1.29, 1.82) is 0 Å². The van der Waals surface area contributed by atoms with Crippen molar-refractivity contribution in [2.45, 2.75) is 55.1 Å². The molecule has 0 bridgehead atoms. The lowest BCUT2D eigenvalue weighted by Crippen LogP contribution is -2.60. The second-order valence-electron chi connectivity index (χ2n) is 5.34. The number of hydrogen-bond donors (Lipinski definition) is 9. The Kier molecular flexibility index (Phi) is 7.76. The fraction of sp³-hybridized carbons (Fsp3) is 0.833. The summed E-state index contributed by atoms with van der Waals surface area (Å²) in [7, 11) is 0. The van der Waals surface area contributed by atoms with Crippen LogP contribution in [0.2, 0.25) is 0 Å². The van der Waals surface area contributed by atoms with E-state index in [9.17, 15) is 45.3 Å². The van der Waals surface area contributed by atoms with Crippen LogP contribution >= 0.6 is 0 Å². The Bertz CT molecular complexity index is 470. The maximum Gasteiger partial charge on any atom is 0.345 e. The maximum absolute atomic E-state index is 11.7. The molecule has 1 aliphatic rings. The normalized spacial score (nSPS) is 34.7. The first kappa shape index (κ1) is 21.8. The van der Waals surface area contributed by atoms with Crippen LogP contribution in [0.5, 0.6) is 0 Å². The molecule has 13 heteroatoms. The fourth-order valence-corrected chi connectivity index (χ4v) is 1.94. The SMILES string of the molecule is O=C(OC(=O)[C@H]1O[C@@H](O)[C@H](O)[C@@H](O)[C@@H]1O)[C@@H](O)[C@@H](O)[C@H](O)[C@H](O)CO. The highest BCUT2D eigenvalue weighted by molar-refractivity contribution is 5.90. The van der Waals surface area contributed by atoms with Gasteiger partial charge in [-0.1, -0.05) is 0 Å². The van der Waals surface area contributed by atoms with E-state index in [1.165, 1.54) is 0 Å². The maximum atomic E-state index is 11.7. The Hall–Kier alpha value is -1.26. The van der Waals surface area contributed by atoms with Crippen LogP contribution in [0.15, 0.2) is 0 Å². The van der Waals surface area contributed by atoms with E-state index in [0.29, 0.717) is 0 Å². The van der Waals surface area contributed by atoms with Crippen LogP contribution in [0.1, 0.15) is 0 Å². The van der Waals surface area contributed by atoms with Crippen LogP contribution in [-0.2, 0) is 19.1 Å². The Morgan fingerprint density at radius 1 is 0.920 bits per heavy atom. The molecule has 0 saturated carbocycles. The van der Waals surface area contributed by atoms with Crippen LogP contribution in [0, 0.1) is 0 Å². The van der Waals surface area contributed by atoms with Gasteiger partial charge in [0, 0.05) is 0 Å². The molecule has 0 aromatic heterocycles. The zero-order valence-electron chi connectivity index (χ0n) is 12.6. The van der Waals surface area contributed by atoms with E-state index >= 15 is 0 Å². The average molecular weight is 372 g/mol. The molecule has 1 fully saturated rings. The van der Waals surface area contributed by atoms with Gasteiger partial charge in [0.25, 0.3) is 0 Å². The van der Waals surface area contributed by atoms with Crippen molar-refractivity contribution in [2.24, 2.45) is 0 Å². The first-order valence-corrected chi connectivity index (χ1v) is 6.99. The molecule has 1 rings (SSSR count). The number of hydrogen-bond acceptors (Lipinski definition) is 13. The van der Waals surface area contributed by atoms with Crippen LogP contribution in [-0.4, -0.2) is 120 Å². The molecule has 0 amide bonds. The topological polar surface area (TPSA) is 235 Å². The summed E-state index contributed by atoms with van der Waals surface area (Å²) in [5, 5.41) is 83.6. The molecule has 0 radical (unpaired) electrons. The second kappa shape index (κ2) is 8.91. The molecule has 0 aromatic rings. The van der Waals surface area contributed by atoms with Gasteiger partial charge in [-0.3, -0.25) is 0 Å². The van der Waals surface area contributed by atoms with Crippen LogP contribution < -0.4 is 0 Å². The summed E-state index contributed by atoms with van der Waals surface area (Å²) in [6.07, 6.45) is -19.1. The van der Waals surface area contributed by atoms with Crippen molar-refractivity contribution >= 4 is 11.9 Å². The molecule has 0 spiro atoms. The Labute approximate surface area is 139 Å². The predicted molar refractivity (Wildman–Crippen MR) is 71.1 cm³/mol. The standard InChI is InChI=1S/C12H20O13/c13-1-2(14)3(15)4(16)7(19)11(22)25-12(23)9-6(18)5(17)8(20)10(21)24-9/h2-10,13-21H,1H2/t2-,3-,4+,5+,6+,7+,8-,9+,10-/m1/s1. The average Bonchev–Trinajstić information content (AvgIpc) is 2.59. The summed E-state index contributed by atoms with van der Waals surface area (Å²) in [6.45, 7) is -1.00. The molecule has 9 atom stereocenters. The van der Waals surface area contributed by atoms with E-state index < -0.39 is 73.7 Å². The van der Waals surface area contributed by atoms with E-state index in [4.69, 9.17) is 10.2 Å². The van der Waals surface area contributed by atoms with Crippen molar-refractivity contribution in [3.05, 3.63) is 0 Å². The molecule has 0 aliphatic carbocycles. The van der Waals surface area contributed by atoms with Gasteiger partial charge in [0.15, 0.2) is 18.5 Å². The predicted octanol–water partition coefficient (Wildman–Crippen LogP) is -6.71. The Morgan fingerprint density at radius 3 is 2.00 bits per heavy atom. The van der Waals surface area contributed by atoms with Crippen molar-refractivity contribution < 1.29 is 65.0 Å². The van der Waals surface area contributed by atoms with E-state index in [2.05, 4.69) is 9.47 Å². The van der Waals surface area contributed by atoms with Gasteiger partial charge in [0.05, 0.1) is 6.61 Å². The van der Waals surface area contributed by atoms with Gasteiger partial charge in [0.1, 0.15) is 36.6 Å². The minimum Gasteiger partial charge on any atom is -0.394 e. The second-order valence-corrected chi connectivity index (χ2v) is 5.34. The Morgan fingerprint density at radius 2 is 1.48 bits per heavy atom. The van der Waals surface area contributed by atoms with Gasteiger partial charge in [0.2, 0.25) is 0 Å². The first-order valence-electron chi connectivity index (χ1n) is 6.99. The summed E-state index contributed by atoms with van der Waals surface area (Å²) >= 11 is 0. The van der Waals surface area contributed by atoms with E-state index in [-0.39, 0.29) is 0 Å². The third-order valence-electron chi connectivity index (χ3n) is 3.52. The van der Waals surface area contributed by atoms with Gasteiger partial charge >= 0.3 is 11.9 Å². The smallest absolute Gasteiger partial charge is 0.345 e. The van der Waals surface area contributed by atoms with Gasteiger partial charge < -0.3 is 55.4 Å². The molecule has 25 heavy (non-hydrogen) atoms. The lowest BCUT2D eigenvalue weighted by Gasteiger charge is -2.36. The summed E-state index contributed by atoms with van der Waals surface area (Å²) < 4.78 is 8.60. The van der Waals surface area contributed by atoms with E-state index in [1.54, 1.807) is 0 Å². The molecule has 0 aromatic carbocycles. The molecule has 1 heterocycles. The molecule has 0 unspecified atom stereocenters. The van der Waals surface area contributed by atoms with Crippen LogP contribution in [0.4, 0.5) is 0 Å². The molecule has 1 saturated heterocycles.